The van der Waals surface area contributed by atoms with Crippen molar-refractivity contribution in [2.24, 2.45) is 0 Å². The van der Waals surface area contributed by atoms with E-state index >= 15 is 0 Å². The summed E-state index contributed by atoms with van der Waals surface area (Å²) in [6.07, 6.45) is 2.70. The first-order valence-electron chi connectivity index (χ1n) is 5.68. The van der Waals surface area contributed by atoms with E-state index in [1.54, 1.807) is 0 Å². The highest BCUT2D eigenvalue weighted by Gasteiger charge is 2.13. The van der Waals surface area contributed by atoms with Crippen LogP contribution in [0.3, 0.4) is 0 Å². The molecule has 4 nitrogen and oxygen atoms in total. The van der Waals surface area contributed by atoms with Gasteiger partial charge in [0.2, 0.25) is 0 Å². The lowest BCUT2D eigenvalue weighted by Gasteiger charge is -2.10. The minimum atomic E-state index is 0.602. The van der Waals surface area contributed by atoms with Gasteiger partial charge in [0, 0.05) is 19.1 Å². The van der Waals surface area contributed by atoms with E-state index in [-0.39, 0.29) is 0 Å². The molecule has 0 spiro atoms. The summed E-state index contributed by atoms with van der Waals surface area (Å²) in [6, 6.07) is 6.76. The number of hydrogen-bond acceptors (Lipinski definition) is 4. The molecule has 0 saturated carbocycles. The lowest BCUT2D eigenvalue weighted by Crippen LogP contribution is -2.30. The van der Waals surface area contributed by atoms with E-state index in [0.717, 1.165) is 30.7 Å². The van der Waals surface area contributed by atoms with E-state index in [2.05, 4.69) is 27.8 Å². The van der Waals surface area contributed by atoms with Crippen LogP contribution in [0.15, 0.2) is 29.0 Å². The molecule has 0 bridgehead atoms. The van der Waals surface area contributed by atoms with Crippen LogP contribution >= 0.6 is 0 Å². The Kier molecular flexibility index (Phi) is 2.60. The zero-order valence-corrected chi connectivity index (χ0v) is 9.07. The second kappa shape index (κ2) is 4.23. The van der Waals surface area contributed by atoms with Gasteiger partial charge < -0.3 is 15.1 Å². The minimum absolute atomic E-state index is 0.602. The molecule has 1 fully saturated rings. The molecule has 1 aromatic heterocycles. The van der Waals surface area contributed by atoms with E-state index in [1.807, 2.05) is 6.07 Å². The second-order valence-electron chi connectivity index (χ2n) is 4.23. The van der Waals surface area contributed by atoms with Gasteiger partial charge in [0.1, 0.15) is 5.52 Å². The molecule has 0 aliphatic carbocycles. The van der Waals surface area contributed by atoms with Crippen molar-refractivity contribution < 1.29 is 4.42 Å². The van der Waals surface area contributed by atoms with Crippen molar-refractivity contribution in [1.82, 2.24) is 15.6 Å². The molecule has 1 aromatic carbocycles. The van der Waals surface area contributed by atoms with Crippen molar-refractivity contribution in [3.8, 4) is 0 Å². The van der Waals surface area contributed by atoms with Gasteiger partial charge in [0.05, 0.1) is 0 Å². The third-order valence-corrected chi connectivity index (χ3v) is 3.05. The number of fused-ring (bicyclic) bond motifs is 1. The van der Waals surface area contributed by atoms with E-state index in [1.165, 1.54) is 18.4 Å². The highest BCUT2D eigenvalue weighted by atomic mass is 16.3. The van der Waals surface area contributed by atoms with Crippen molar-refractivity contribution in [1.29, 1.82) is 0 Å². The maximum atomic E-state index is 5.28. The Labute approximate surface area is 94.0 Å². The van der Waals surface area contributed by atoms with Crippen LogP contribution in [0.5, 0.6) is 0 Å². The van der Waals surface area contributed by atoms with Crippen molar-refractivity contribution >= 4 is 11.1 Å². The van der Waals surface area contributed by atoms with Gasteiger partial charge in [-0.2, -0.15) is 0 Å². The van der Waals surface area contributed by atoms with Gasteiger partial charge in [-0.05, 0) is 30.7 Å². The summed E-state index contributed by atoms with van der Waals surface area (Å²) in [6.45, 7) is 3.09. The molecular formula is C12H15N3O. The standard InChI is InChI=1S/C12H15N3O/c1-2-11-12(16-8-15-11)5-9(1)6-14-10-3-4-13-7-10/h1-2,5,8,10,13-14H,3-4,6-7H2. The predicted octanol–water partition coefficient (Wildman–Crippen LogP) is 1.28. The zero-order valence-electron chi connectivity index (χ0n) is 9.07. The van der Waals surface area contributed by atoms with Gasteiger partial charge >= 0.3 is 0 Å². The Hall–Kier alpha value is -1.39. The summed E-state index contributed by atoms with van der Waals surface area (Å²) in [5, 5.41) is 6.87. The summed E-state index contributed by atoms with van der Waals surface area (Å²) in [5.41, 5.74) is 3.03. The minimum Gasteiger partial charge on any atom is -0.443 e. The van der Waals surface area contributed by atoms with Gasteiger partial charge in [0.15, 0.2) is 12.0 Å². The largest absolute Gasteiger partial charge is 0.443 e. The Balaban J connectivity index is 1.68. The van der Waals surface area contributed by atoms with Crippen LogP contribution in [-0.2, 0) is 6.54 Å². The molecule has 1 aliphatic rings. The third kappa shape index (κ3) is 1.94. The first-order chi connectivity index (χ1) is 7.92. The Bertz CT molecular complexity index is 474. The van der Waals surface area contributed by atoms with Gasteiger partial charge in [-0.1, -0.05) is 6.07 Å². The van der Waals surface area contributed by atoms with Crippen LogP contribution in [0.1, 0.15) is 12.0 Å². The number of nitrogens with zero attached hydrogens (tertiary/aromatic N) is 1. The third-order valence-electron chi connectivity index (χ3n) is 3.05. The monoisotopic (exact) mass is 217 g/mol. The zero-order chi connectivity index (χ0) is 10.8. The van der Waals surface area contributed by atoms with Crippen LogP contribution in [0.2, 0.25) is 0 Å². The molecule has 0 amide bonds. The van der Waals surface area contributed by atoms with Crippen molar-refractivity contribution in [2.45, 2.75) is 19.0 Å². The molecule has 1 aliphatic heterocycles. The molecule has 2 heterocycles. The molecule has 1 atom stereocenters. The van der Waals surface area contributed by atoms with Gasteiger partial charge in [0.25, 0.3) is 0 Å². The molecule has 2 aromatic rings. The SMILES string of the molecule is c1nc2ccc(CNC3CCNC3)cc2o1. The number of rotatable bonds is 3. The average molecular weight is 217 g/mol. The summed E-state index contributed by atoms with van der Waals surface area (Å²) in [7, 11) is 0. The second-order valence-corrected chi connectivity index (χ2v) is 4.23. The van der Waals surface area contributed by atoms with Crippen LogP contribution in [0, 0.1) is 0 Å². The maximum absolute atomic E-state index is 5.28. The van der Waals surface area contributed by atoms with E-state index in [4.69, 9.17) is 4.42 Å². The average Bonchev–Trinajstić information content (AvgIpc) is 2.97. The first kappa shape index (κ1) is 9.81. The fourth-order valence-corrected chi connectivity index (χ4v) is 2.10. The number of hydrogen-bond donors (Lipinski definition) is 2. The summed E-state index contributed by atoms with van der Waals surface area (Å²) >= 11 is 0. The number of oxazole rings is 1. The maximum Gasteiger partial charge on any atom is 0.181 e. The van der Waals surface area contributed by atoms with Crippen molar-refractivity contribution in [3.63, 3.8) is 0 Å². The molecule has 1 saturated heterocycles. The van der Waals surface area contributed by atoms with Gasteiger partial charge in [-0.3, -0.25) is 0 Å². The number of benzene rings is 1. The quantitative estimate of drug-likeness (QED) is 0.813. The molecule has 1 unspecified atom stereocenters. The van der Waals surface area contributed by atoms with E-state index in [0.29, 0.717) is 6.04 Å². The first-order valence-corrected chi connectivity index (χ1v) is 5.68. The van der Waals surface area contributed by atoms with Crippen LogP contribution in [0.4, 0.5) is 0 Å². The highest BCUT2D eigenvalue weighted by molar-refractivity contribution is 5.72. The topological polar surface area (TPSA) is 50.1 Å². The molecular weight excluding hydrogens is 202 g/mol. The Morgan fingerprint density at radius 1 is 1.50 bits per heavy atom. The lowest BCUT2D eigenvalue weighted by atomic mass is 10.2. The smallest absolute Gasteiger partial charge is 0.181 e. The molecule has 16 heavy (non-hydrogen) atoms. The molecule has 2 N–H and O–H groups in total. The van der Waals surface area contributed by atoms with E-state index in [9.17, 15) is 0 Å². The predicted molar refractivity (Wildman–Crippen MR) is 62.1 cm³/mol. The highest BCUT2D eigenvalue weighted by Crippen LogP contribution is 2.14. The Morgan fingerprint density at radius 2 is 2.50 bits per heavy atom. The fraction of sp³-hybridized carbons (Fsp3) is 0.417. The molecule has 84 valence electrons. The van der Waals surface area contributed by atoms with Crippen LogP contribution in [0.25, 0.3) is 11.1 Å². The molecule has 3 rings (SSSR count). The van der Waals surface area contributed by atoms with Gasteiger partial charge in [-0.25, -0.2) is 4.98 Å². The van der Waals surface area contributed by atoms with Gasteiger partial charge in [-0.15, -0.1) is 0 Å². The number of aromatic nitrogens is 1. The molecule has 4 heteroatoms. The van der Waals surface area contributed by atoms with E-state index < -0.39 is 0 Å². The summed E-state index contributed by atoms with van der Waals surface area (Å²) < 4.78 is 5.28. The van der Waals surface area contributed by atoms with Crippen LogP contribution < -0.4 is 10.6 Å². The Morgan fingerprint density at radius 3 is 3.38 bits per heavy atom. The summed E-state index contributed by atoms with van der Waals surface area (Å²) in [4.78, 5) is 4.10. The number of nitrogens with one attached hydrogen (secondary N) is 2. The lowest BCUT2D eigenvalue weighted by molar-refractivity contribution is 0.546. The van der Waals surface area contributed by atoms with Crippen molar-refractivity contribution in [2.75, 3.05) is 13.1 Å². The molecule has 0 radical (unpaired) electrons. The normalized spacial score (nSPS) is 20.6. The fourth-order valence-electron chi connectivity index (χ4n) is 2.10. The summed E-state index contributed by atoms with van der Waals surface area (Å²) in [5.74, 6) is 0. The van der Waals surface area contributed by atoms with Crippen LogP contribution in [-0.4, -0.2) is 24.1 Å². The van der Waals surface area contributed by atoms with Crippen molar-refractivity contribution in [3.05, 3.63) is 30.2 Å².